The van der Waals surface area contributed by atoms with Crippen molar-refractivity contribution in [1.29, 1.82) is 0 Å². The van der Waals surface area contributed by atoms with Crippen molar-refractivity contribution < 1.29 is 23.1 Å². The Morgan fingerprint density at radius 2 is 1.88 bits per heavy atom. The first-order valence-corrected chi connectivity index (χ1v) is 14.1. The molecule has 0 bridgehead atoms. The Balaban J connectivity index is 1.43. The number of rotatable bonds is 8. The molecule has 11 heteroatoms. The van der Waals surface area contributed by atoms with E-state index in [1.54, 1.807) is 0 Å². The van der Waals surface area contributed by atoms with Crippen LogP contribution in [0.25, 0.3) is 0 Å². The predicted molar refractivity (Wildman–Crippen MR) is 130 cm³/mol. The van der Waals surface area contributed by atoms with Crippen molar-refractivity contribution in [3.05, 3.63) is 11.0 Å². The zero-order valence-electron chi connectivity index (χ0n) is 20.5. The molecular weight excluding hydrogens is 479 g/mol. The van der Waals surface area contributed by atoms with Crippen LogP contribution in [0.15, 0.2) is 4.99 Å². The highest BCUT2D eigenvalue weighted by atomic mass is 35.5. The van der Waals surface area contributed by atoms with Crippen LogP contribution in [0.1, 0.15) is 66.0 Å². The molecule has 0 aromatic carbocycles. The Hall–Kier alpha value is -1.09. The summed E-state index contributed by atoms with van der Waals surface area (Å²) in [5, 5.41) is 0.116. The molecule has 5 rings (SSSR count). The average Bonchev–Trinajstić information content (AvgIpc) is 2.95. The molecule has 2 N–H and O–H groups in total. The summed E-state index contributed by atoms with van der Waals surface area (Å²) in [6.45, 7) is 11.4. The van der Waals surface area contributed by atoms with E-state index in [2.05, 4.69) is 15.0 Å². The third-order valence-corrected chi connectivity index (χ3v) is 9.74. The maximum absolute atomic E-state index is 13.6. The molecule has 1 aromatic rings. The zero-order chi connectivity index (χ0) is 24.6. The summed E-state index contributed by atoms with van der Waals surface area (Å²) in [6, 6.07) is 0. The highest BCUT2D eigenvalue weighted by Crippen LogP contribution is 2.75. The van der Waals surface area contributed by atoms with E-state index in [0.29, 0.717) is 24.2 Å². The fourth-order valence-electron chi connectivity index (χ4n) is 6.28. The van der Waals surface area contributed by atoms with Gasteiger partial charge in [-0.25, -0.2) is 4.98 Å². The number of aliphatic imine (C=N–C) groups is 1. The van der Waals surface area contributed by atoms with Gasteiger partial charge in [0.15, 0.2) is 11.6 Å². The number of nitrogen functional groups attached to an aromatic ring is 1. The number of halogens is 1. The van der Waals surface area contributed by atoms with Gasteiger partial charge in [-0.2, -0.15) is 4.98 Å². The predicted octanol–water partition coefficient (Wildman–Crippen LogP) is 5.10. The molecule has 2 saturated carbocycles. The number of ether oxygens (including phenoxy) is 2. The van der Waals surface area contributed by atoms with Crippen LogP contribution in [0.3, 0.4) is 0 Å². The Bertz CT molecular complexity index is 1050. The number of nitrogens with two attached hydrogens (primary N) is 1. The van der Waals surface area contributed by atoms with E-state index in [9.17, 15) is 4.57 Å². The van der Waals surface area contributed by atoms with Crippen molar-refractivity contribution in [2.45, 2.75) is 90.5 Å². The largest absolute Gasteiger partial charge is 0.382 e. The van der Waals surface area contributed by atoms with Gasteiger partial charge in [0.2, 0.25) is 5.28 Å². The molecule has 188 valence electrons. The SMILES string of the molecule is CC(C)OP(=O)(CCC12C[C@@H]1[C@@H](C1C=Nc3c(N)nc(Cl)nc31)[C@@H]1OC(C)(C)O[C@@H]12)OC(C)C. The maximum Gasteiger partial charge on any atom is 0.331 e. The number of hydrogen-bond donors (Lipinski definition) is 1. The van der Waals surface area contributed by atoms with E-state index in [0.717, 1.165) is 12.1 Å². The van der Waals surface area contributed by atoms with Crippen LogP contribution in [0.5, 0.6) is 0 Å². The van der Waals surface area contributed by atoms with Crippen LogP contribution in [0, 0.1) is 17.3 Å². The lowest BCUT2D eigenvalue weighted by Crippen LogP contribution is -2.33. The Morgan fingerprint density at radius 3 is 2.53 bits per heavy atom. The molecule has 2 aliphatic carbocycles. The first kappa shape index (κ1) is 24.6. The second-order valence-corrected chi connectivity index (χ2v) is 13.4. The van der Waals surface area contributed by atoms with E-state index >= 15 is 0 Å². The smallest absolute Gasteiger partial charge is 0.331 e. The highest BCUT2D eigenvalue weighted by Gasteiger charge is 2.76. The Labute approximate surface area is 205 Å². The van der Waals surface area contributed by atoms with Gasteiger partial charge in [0.25, 0.3) is 0 Å². The van der Waals surface area contributed by atoms with Crippen LogP contribution in [-0.4, -0.2) is 52.5 Å². The lowest BCUT2D eigenvalue weighted by molar-refractivity contribution is -0.162. The first-order chi connectivity index (χ1) is 15.8. The summed E-state index contributed by atoms with van der Waals surface area (Å²) in [6.07, 6.45) is 3.24. The van der Waals surface area contributed by atoms with Gasteiger partial charge < -0.3 is 24.3 Å². The molecule has 0 amide bonds. The molecule has 1 aromatic heterocycles. The van der Waals surface area contributed by atoms with E-state index < -0.39 is 13.4 Å². The van der Waals surface area contributed by atoms with Crippen LogP contribution in [-0.2, 0) is 23.1 Å². The molecule has 3 fully saturated rings. The molecule has 0 spiro atoms. The van der Waals surface area contributed by atoms with Gasteiger partial charge in [-0.05, 0) is 71.9 Å². The lowest BCUT2D eigenvalue weighted by Gasteiger charge is -2.27. The van der Waals surface area contributed by atoms with Crippen molar-refractivity contribution in [2.24, 2.45) is 22.2 Å². The van der Waals surface area contributed by atoms with Crippen LogP contribution in [0.4, 0.5) is 11.5 Å². The minimum Gasteiger partial charge on any atom is -0.382 e. The molecular formula is C23H34ClN4O5P. The molecule has 34 heavy (non-hydrogen) atoms. The molecule has 1 saturated heterocycles. The maximum atomic E-state index is 13.6. The monoisotopic (exact) mass is 512 g/mol. The third kappa shape index (κ3) is 4.12. The summed E-state index contributed by atoms with van der Waals surface area (Å²) in [5.41, 5.74) is 7.24. The number of aromatic nitrogens is 2. The van der Waals surface area contributed by atoms with Crippen LogP contribution >= 0.6 is 19.2 Å². The summed E-state index contributed by atoms with van der Waals surface area (Å²) in [4.78, 5) is 13.1. The van der Waals surface area contributed by atoms with Crippen molar-refractivity contribution >= 4 is 36.9 Å². The standard InChI is InChI=1S/C23H34ClN4O5P/c1-11(2)32-34(29,33-12(3)4)8-7-23-9-14(23)15(18-19(23)31-22(5,6)30-18)13-10-26-17-16(13)27-21(24)28-20(17)25/h10-15,18-19H,7-9H2,1-6H3,(H2,25,27,28)/t13?,14-,15-,18+,19+,23?/m1/s1. The average molecular weight is 513 g/mol. The summed E-state index contributed by atoms with van der Waals surface area (Å²) < 4.78 is 38.1. The van der Waals surface area contributed by atoms with E-state index in [1.807, 2.05) is 47.8 Å². The lowest BCUT2D eigenvalue weighted by atomic mass is 9.84. The van der Waals surface area contributed by atoms with Gasteiger partial charge in [0.1, 0.15) is 5.69 Å². The molecule has 3 heterocycles. The van der Waals surface area contributed by atoms with E-state index in [4.69, 9.17) is 35.9 Å². The first-order valence-electron chi connectivity index (χ1n) is 12.0. The van der Waals surface area contributed by atoms with Gasteiger partial charge in [-0.15, -0.1) is 0 Å². The molecule has 6 atom stereocenters. The quantitative estimate of drug-likeness (QED) is 0.377. The van der Waals surface area contributed by atoms with Gasteiger partial charge in [0, 0.05) is 23.5 Å². The highest BCUT2D eigenvalue weighted by molar-refractivity contribution is 7.53. The third-order valence-electron chi connectivity index (χ3n) is 7.32. The molecule has 2 unspecified atom stereocenters. The summed E-state index contributed by atoms with van der Waals surface area (Å²) in [5.74, 6) is -0.113. The Kier molecular flexibility index (Phi) is 5.95. The number of hydrogen-bond acceptors (Lipinski definition) is 9. The van der Waals surface area contributed by atoms with E-state index in [1.165, 1.54) is 0 Å². The Morgan fingerprint density at radius 1 is 1.21 bits per heavy atom. The molecule has 0 radical (unpaired) electrons. The van der Waals surface area contributed by atoms with Crippen molar-refractivity contribution in [3.63, 3.8) is 0 Å². The van der Waals surface area contributed by atoms with Gasteiger partial charge >= 0.3 is 7.60 Å². The van der Waals surface area contributed by atoms with Gasteiger partial charge in [-0.1, -0.05) is 0 Å². The number of anilines is 1. The molecule has 4 aliphatic rings. The minimum absolute atomic E-state index is 0.0946. The van der Waals surface area contributed by atoms with Crippen molar-refractivity contribution in [3.8, 4) is 0 Å². The number of fused-ring (bicyclic) bond motifs is 4. The number of nitrogens with zero attached hydrogens (tertiary/aromatic N) is 3. The van der Waals surface area contributed by atoms with Gasteiger partial charge in [-0.3, -0.25) is 9.56 Å². The van der Waals surface area contributed by atoms with E-state index in [-0.39, 0.29) is 52.8 Å². The minimum atomic E-state index is -3.26. The zero-order valence-corrected chi connectivity index (χ0v) is 22.2. The van der Waals surface area contributed by atoms with Crippen LogP contribution < -0.4 is 5.73 Å². The van der Waals surface area contributed by atoms with Crippen molar-refractivity contribution in [1.82, 2.24) is 9.97 Å². The normalized spacial score (nSPS) is 35.1. The molecule has 9 nitrogen and oxygen atoms in total. The second-order valence-electron chi connectivity index (χ2n) is 11.0. The molecule has 2 aliphatic heterocycles. The summed E-state index contributed by atoms with van der Waals surface area (Å²) in [7, 11) is -3.26. The summed E-state index contributed by atoms with van der Waals surface area (Å²) >= 11 is 6.14. The topological polar surface area (TPSA) is 118 Å². The second kappa shape index (κ2) is 8.22. The van der Waals surface area contributed by atoms with Crippen molar-refractivity contribution in [2.75, 3.05) is 11.9 Å². The fourth-order valence-corrected chi connectivity index (χ4v) is 8.69. The van der Waals surface area contributed by atoms with Crippen LogP contribution in [0.2, 0.25) is 5.28 Å². The van der Waals surface area contributed by atoms with Gasteiger partial charge in [0.05, 0.1) is 36.3 Å². The fraction of sp³-hybridized carbons (Fsp3) is 0.783.